The minimum Gasteiger partial charge on any atom is -0.385 e. The van der Waals surface area contributed by atoms with Crippen molar-refractivity contribution in [3.63, 3.8) is 0 Å². The van der Waals surface area contributed by atoms with Crippen molar-refractivity contribution in [1.29, 1.82) is 0 Å². The van der Waals surface area contributed by atoms with E-state index >= 15 is 0 Å². The zero-order valence-corrected chi connectivity index (χ0v) is 8.94. The Balaban J connectivity index is 3.02. The average Bonchev–Trinajstić information content (AvgIpc) is 2.09. The van der Waals surface area contributed by atoms with Crippen molar-refractivity contribution < 1.29 is 4.74 Å². The highest BCUT2D eigenvalue weighted by Gasteiger charge is 2.00. The van der Waals surface area contributed by atoms with Gasteiger partial charge in [-0.05, 0) is 12.3 Å². The van der Waals surface area contributed by atoms with Gasteiger partial charge in [-0.2, -0.15) is 0 Å². The average molecular weight is 172 g/mol. The van der Waals surface area contributed by atoms with Gasteiger partial charge in [0, 0.05) is 13.7 Å². The largest absolute Gasteiger partial charge is 0.385 e. The molecule has 0 aliphatic carbocycles. The number of hydrogen-bond donors (Lipinski definition) is 0. The summed E-state index contributed by atoms with van der Waals surface area (Å²) in [7, 11) is 1.78. The standard InChI is InChI=1S/C11H24O/c1-4-5-6-7-8-11(2)9-10-12-3/h11H,4-10H2,1-3H3. The first-order valence-corrected chi connectivity index (χ1v) is 5.30. The van der Waals surface area contributed by atoms with E-state index in [0.29, 0.717) is 0 Å². The Morgan fingerprint density at radius 2 is 1.83 bits per heavy atom. The summed E-state index contributed by atoms with van der Waals surface area (Å²) in [5, 5.41) is 0. The van der Waals surface area contributed by atoms with Crippen LogP contribution in [-0.2, 0) is 4.74 Å². The fourth-order valence-electron chi connectivity index (χ4n) is 1.38. The van der Waals surface area contributed by atoms with Crippen molar-refractivity contribution in [3.8, 4) is 0 Å². The lowest BCUT2D eigenvalue weighted by Crippen LogP contribution is -1.99. The quantitative estimate of drug-likeness (QED) is 0.508. The van der Waals surface area contributed by atoms with Crippen molar-refractivity contribution in [2.75, 3.05) is 13.7 Å². The third kappa shape index (κ3) is 8.06. The minimum atomic E-state index is 0.849. The van der Waals surface area contributed by atoms with Crippen LogP contribution in [0.4, 0.5) is 0 Å². The van der Waals surface area contributed by atoms with Crippen molar-refractivity contribution in [2.45, 2.75) is 52.4 Å². The summed E-state index contributed by atoms with van der Waals surface area (Å²) in [6.45, 7) is 5.51. The molecule has 1 nitrogen and oxygen atoms in total. The summed E-state index contributed by atoms with van der Waals surface area (Å²) in [4.78, 5) is 0. The number of ether oxygens (including phenoxy) is 1. The van der Waals surface area contributed by atoms with Crippen molar-refractivity contribution in [1.82, 2.24) is 0 Å². The van der Waals surface area contributed by atoms with Gasteiger partial charge in [-0.25, -0.2) is 0 Å². The van der Waals surface area contributed by atoms with Gasteiger partial charge in [-0.1, -0.05) is 46.0 Å². The van der Waals surface area contributed by atoms with E-state index in [1.165, 1.54) is 38.5 Å². The fraction of sp³-hybridized carbons (Fsp3) is 1.00. The number of hydrogen-bond acceptors (Lipinski definition) is 1. The Labute approximate surface area is 77.5 Å². The predicted octanol–water partition coefficient (Wildman–Crippen LogP) is 3.63. The van der Waals surface area contributed by atoms with Crippen LogP contribution in [0.5, 0.6) is 0 Å². The molecule has 0 bridgehead atoms. The second kappa shape index (κ2) is 9.05. The van der Waals surface area contributed by atoms with Gasteiger partial charge in [-0.15, -0.1) is 0 Å². The van der Waals surface area contributed by atoms with Crippen LogP contribution in [-0.4, -0.2) is 13.7 Å². The number of rotatable bonds is 8. The normalized spacial score (nSPS) is 13.2. The molecule has 74 valence electrons. The van der Waals surface area contributed by atoms with Gasteiger partial charge in [-0.3, -0.25) is 0 Å². The maximum atomic E-state index is 5.04. The van der Waals surface area contributed by atoms with E-state index in [1.54, 1.807) is 7.11 Å². The fourth-order valence-corrected chi connectivity index (χ4v) is 1.38. The van der Waals surface area contributed by atoms with Gasteiger partial charge < -0.3 is 4.74 Å². The van der Waals surface area contributed by atoms with E-state index in [0.717, 1.165) is 12.5 Å². The summed E-state index contributed by atoms with van der Waals surface area (Å²) >= 11 is 0. The maximum Gasteiger partial charge on any atom is 0.0464 e. The van der Waals surface area contributed by atoms with E-state index in [4.69, 9.17) is 4.74 Å². The Hall–Kier alpha value is -0.0400. The van der Waals surface area contributed by atoms with Gasteiger partial charge in [0.25, 0.3) is 0 Å². The molecule has 1 atom stereocenters. The van der Waals surface area contributed by atoms with E-state index < -0.39 is 0 Å². The molecular weight excluding hydrogens is 148 g/mol. The zero-order valence-electron chi connectivity index (χ0n) is 8.94. The second-order valence-electron chi connectivity index (χ2n) is 3.74. The molecule has 0 aromatic heterocycles. The highest BCUT2D eigenvalue weighted by molar-refractivity contribution is 4.53. The third-order valence-corrected chi connectivity index (χ3v) is 2.37. The highest BCUT2D eigenvalue weighted by Crippen LogP contribution is 2.13. The molecule has 0 aliphatic rings. The first-order valence-electron chi connectivity index (χ1n) is 5.30. The van der Waals surface area contributed by atoms with Crippen molar-refractivity contribution in [2.24, 2.45) is 5.92 Å². The van der Waals surface area contributed by atoms with Crippen LogP contribution in [0.3, 0.4) is 0 Å². The van der Waals surface area contributed by atoms with Crippen LogP contribution in [0.15, 0.2) is 0 Å². The molecule has 0 aromatic rings. The molecule has 0 N–H and O–H groups in total. The Bertz CT molecular complexity index is 81.1. The summed E-state index contributed by atoms with van der Waals surface area (Å²) in [5.41, 5.74) is 0. The van der Waals surface area contributed by atoms with Crippen LogP contribution in [0.1, 0.15) is 52.4 Å². The monoisotopic (exact) mass is 172 g/mol. The van der Waals surface area contributed by atoms with Gasteiger partial charge in [0.1, 0.15) is 0 Å². The third-order valence-electron chi connectivity index (χ3n) is 2.37. The van der Waals surface area contributed by atoms with E-state index in [1.807, 2.05) is 0 Å². The molecule has 0 rings (SSSR count). The zero-order chi connectivity index (χ0) is 9.23. The van der Waals surface area contributed by atoms with Gasteiger partial charge >= 0.3 is 0 Å². The number of methoxy groups -OCH3 is 1. The van der Waals surface area contributed by atoms with E-state index in [2.05, 4.69) is 13.8 Å². The van der Waals surface area contributed by atoms with Crippen LogP contribution in [0.25, 0.3) is 0 Å². The molecular formula is C11H24O. The summed E-state index contributed by atoms with van der Waals surface area (Å²) in [6.07, 6.45) is 8.15. The molecule has 0 saturated heterocycles. The van der Waals surface area contributed by atoms with Crippen molar-refractivity contribution >= 4 is 0 Å². The van der Waals surface area contributed by atoms with Gasteiger partial charge in [0.2, 0.25) is 0 Å². The first kappa shape index (κ1) is 12.0. The predicted molar refractivity (Wildman–Crippen MR) is 54.4 cm³/mol. The highest BCUT2D eigenvalue weighted by atomic mass is 16.5. The molecule has 0 fully saturated rings. The van der Waals surface area contributed by atoms with E-state index in [9.17, 15) is 0 Å². The topological polar surface area (TPSA) is 9.23 Å². The molecule has 0 amide bonds. The molecule has 0 spiro atoms. The summed E-state index contributed by atoms with van der Waals surface area (Å²) < 4.78 is 5.04. The molecule has 1 unspecified atom stereocenters. The molecule has 0 aliphatic heterocycles. The lowest BCUT2D eigenvalue weighted by molar-refractivity contribution is 0.177. The smallest absolute Gasteiger partial charge is 0.0464 e. The SMILES string of the molecule is CCCCCCC(C)CCOC. The lowest BCUT2D eigenvalue weighted by atomic mass is 10.00. The number of unbranched alkanes of at least 4 members (excludes halogenated alkanes) is 3. The van der Waals surface area contributed by atoms with Crippen LogP contribution in [0.2, 0.25) is 0 Å². The van der Waals surface area contributed by atoms with Crippen LogP contribution < -0.4 is 0 Å². The molecule has 1 heteroatoms. The van der Waals surface area contributed by atoms with Crippen molar-refractivity contribution in [3.05, 3.63) is 0 Å². The minimum absolute atomic E-state index is 0.849. The Kier molecular flexibility index (Phi) is 9.02. The Morgan fingerprint density at radius 1 is 1.08 bits per heavy atom. The summed E-state index contributed by atoms with van der Waals surface area (Å²) in [5.74, 6) is 0.849. The molecule has 0 radical (unpaired) electrons. The van der Waals surface area contributed by atoms with Crippen LogP contribution in [0, 0.1) is 5.92 Å². The lowest BCUT2D eigenvalue weighted by Gasteiger charge is -2.09. The van der Waals surface area contributed by atoms with Gasteiger partial charge in [0.05, 0.1) is 0 Å². The molecule has 0 aromatic carbocycles. The summed E-state index contributed by atoms with van der Waals surface area (Å²) in [6, 6.07) is 0. The van der Waals surface area contributed by atoms with E-state index in [-0.39, 0.29) is 0 Å². The molecule has 0 heterocycles. The van der Waals surface area contributed by atoms with Gasteiger partial charge in [0.15, 0.2) is 0 Å². The Morgan fingerprint density at radius 3 is 2.42 bits per heavy atom. The molecule has 0 saturated carbocycles. The first-order chi connectivity index (χ1) is 5.81. The maximum absolute atomic E-state index is 5.04. The van der Waals surface area contributed by atoms with Crippen LogP contribution >= 0.6 is 0 Å². The second-order valence-corrected chi connectivity index (χ2v) is 3.74. The molecule has 12 heavy (non-hydrogen) atoms.